The predicted molar refractivity (Wildman–Crippen MR) is 82.9 cm³/mol. The molecular formula is C15H13F6N3O3S. The third kappa shape index (κ3) is 4.58. The van der Waals surface area contributed by atoms with Gasteiger partial charge in [0.15, 0.2) is 0 Å². The average Bonchev–Trinajstić information content (AvgIpc) is 3.00. The molecule has 0 fully saturated rings. The molecule has 1 aliphatic rings. The molecule has 2 aromatic rings. The van der Waals surface area contributed by atoms with Crippen molar-refractivity contribution in [3.63, 3.8) is 0 Å². The Hall–Kier alpha value is -2.28. The molecule has 1 aliphatic carbocycles. The first kappa shape index (κ1) is 20.5. The van der Waals surface area contributed by atoms with Crippen LogP contribution < -0.4 is 9.46 Å². The molecule has 1 heterocycles. The summed E-state index contributed by atoms with van der Waals surface area (Å²) in [6.45, 7) is 0. The van der Waals surface area contributed by atoms with Crippen LogP contribution in [-0.4, -0.2) is 37.2 Å². The molecule has 0 bridgehead atoms. The molecule has 28 heavy (non-hydrogen) atoms. The molecule has 1 aromatic heterocycles. The van der Waals surface area contributed by atoms with Gasteiger partial charge in [-0.3, -0.25) is 5.10 Å². The van der Waals surface area contributed by atoms with E-state index in [-0.39, 0.29) is 17.7 Å². The summed E-state index contributed by atoms with van der Waals surface area (Å²) in [7, 11) is -4.26. The van der Waals surface area contributed by atoms with E-state index in [1.807, 2.05) is 0 Å². The van der Waals surface area contributed by atoms with Crippen molar-refractivity contribution in [1.29, 1.82) is 0 Å². The highest BCUT2D eigenvalue weighted by atomic mass is 32.2. The average molecular weight is 429 g/mol. The lowest BCUT2D eigenvalue weighted by Crippen LogP contribution is -2.42. The molecular weight excluding hydrogens is 416 g/mol. The highest BCUT2D eigenvalue weighted by Crippen LogP contribution is 2.42. The number of fused-ring (bicyclic) bond motifs is 1. The molecule has 0 spiro atoms. The summed E-state index contributed by atoms with van der Waals surface area (Å²) in [5.74, 6) is -2.51. The third-order valence-corrected chi connectivity index (χ3v) is 5.72. The van der Waals surface area contributed by atoms with E-state index in [1.165, 1.54) is 0 Å². The fourth-order valence-electron chi connectivity index (χ4n) is 3.03. The van der Waals surface area contributed by atoms with E-state index < -0.39 is 51.6 Å². The van der Waals surface area contributed by atoms with Gasteiger partial charge in [0, 0.05) is 23.7 Å². The Bertz CT molecular complexity index is 937. The number of nitrogens with one attached hydrogen (secondary N) is 2. The molecule has 0 radical (unpaired) electrons. The first-order chi connectivity index (χ1) is 12.9. The molecule has 2 atom stereocenters. The van der Waals surface area contributed by atoms with Crippen LogP contribution in [0.3, 0.4) is 0 Å². The SMILES string of the molecule is O=S(=O)(NC1Cc2[nH]ncc2C(C(F)(F)F)C1)c1ccc(OC(F)(F)F)cc1. The van der Waals surface area contributed by atoms with Crippen LogP contribution in [0.5, 0.6) is 5.75 Å². The van der Waals surface area contributed by atoms with Crippen molar-refractivity contribution < 1.29 is 39.5 Å². The van der Waals surface area contributed by atoms with Gasteiger partial charge in [-0.2, -0.15) is 18.3 Å². The van der Waals surface area contributed by atoms with Crippen molar-refractivity contribution in [2.24, 2.45) is 0 Å². The first-order valence-corrected chi connectivity index (χ1v) is 9.30. The van der Waals surface area contributed by atoms with Crippen LogP contribution in [-0.2, 0) is 16.4 Å². The van der Waals surface area contributed by atoms with Crippen molar-refractivity contribution in [2.75, 3.05) is 0 Å². The minimum Gasteiger partial charge on any atom is -0.406 e. The van der Waals surface area contributed by atoms with Gasteiger partial charge in [0.05, 0.1) is 17.0 Å². The third-order valence-electron chi connectivity index (χ3n) is 4.18. The van der Waals surface area contributed by atoms with Crippen LogP contribution in [0.15, 0.2) is 35.4 Å². The lowest BCUT2D eigenvalue weighted by molar-refractivity contribution is -0.274. The van der Waals surface area contributed by atoms with Crippen molar-refractivity contribution in [3.8, 4) is 5.75 Å². The van der Waals surface area contributed by atoms with Crippen LogP contribution in [0.1, 0.15) is 23.6 Å². The summed E-state index contributed by atoms with van der Waals surface area (Å²) in [5.41, 5.74) is 0.145. The molecule has 0 amide bonds. The van der Waals surface area contributed by atoms with Crippen LogP contribution in [0.25, 0.3) is 0 Å². The van der Waals surface area contributed by atoms with E-state index in [0.717, 1.165) is 30.5 Å². The predicted octanol–water partition coefficient (Wildman–Crippen LogP) is 3.25. The second-order valence-electron chi connectivity index (χ2n) is 6.18. The minimum atomic E-state index is -4.94. The number of hydrogen-bond donors (Lipinski definition) is 2. The number of rotatable bonds is 4. The van der Waals surface area contributed by atoms with Crippen molar-refractivity contribution in [2.45, 2.75) is 42.2 Å². The van der Waals surface area contributed by atoms with E-state index in [4.69, 9.17) is 0 Å². The smallest absolute Gasteiger partial charge is 0.406 e. The number of ether oxygens (including phenoxy) is 1. The Labute approximate surface area is 154 Å². The standard InChI is InChI=1S/C15H13F6N3O3S/c16-14(17,18)12-5-8(6-13-11(12)7-22-23-13)24-28(25,26)10-3-1-9(2-4-10)27-15(19,20)21/h1-4,7-8,12,24H,5-6H2,(H,22,23). The fourth-order valence-corrected chi connectivity index (χ4v) is 4.28. The van der Waals surface area contributed by atoms with Crippen molar-refractivity contribution in [3.05, 3.63) is 41.7 Å². The van der Waals surface area contributed by atoms with Gasteiger partial charge in [-0.1, -0.05) is 0 Å². The molecule has 2 unspecified atom stereocenters. The number of halogens is 6. The number of aromatic nitrogens is 2. The highest BCUT2D eigenvalue weighted by molar-refractivity contribution is 7.89. The number of H-pyrrole nitrogens is 1. The van der Waals surface area contributed by atoms with E-state index in [0.29, 0.717) is 0 Å². The fraction of sp³-hybridized carbons (Fsp3) is 0.400. The van der Waals surface area contributed by atoms with Gasteiger partial charge < -0.3 is 4.74 Å². The Morgan fingerprint density at radius 2 is 1.75 bits per heavy atom. The van der Waals surface area contributed by atoms with Gasteiger partial charge in [0.25, 0.3) is 0 Å². The zero-order valence-electron chi connectivity index (χ0n) is 13.8. The normalized spacial score (nSPS) is 20.6. The molecule has 2 N–H and O–H groups in total. The molecule has 154 valence electrons. The Kier molecular flexibility index (Phi) is 5.08. The van der Waals surface area contributed by atoms with E-state index >= 15 is 0 Å². The zero-order valence-corrected chi connectivity index (χ0v) is 14.6. The summed E-state index contributed by atoms with van der Waals surface area (Å²) in [6, 6.07) is 2.27. The van der Waals surface area contributed by atoms with E-state index in [1.54, 1.807) is 0 Å². The van der Waals surface area contributed by atoms with E-state index in [2.05, 4.69) is 19.7 Å². The second-order valence-corrected chi connectivity index (χ2v) is 7.89. The number of nitrogens with zero attached hydrogens (tertiary/aromatic N) is 1. The number of benzene rings is 1. The molecule has 3 rings (SSSR count). The van der Waals surface area contributed by atoms with Gasteiger partial charge in [-0.15, -0.1) is 13.2 Å². The number of aromatic amines is 1. The van der Waals surface area contributed by atoms with Gasteiger partial charge in [-0.05, 0) is 30.7 Å². The first-order valence-electron chi connectivity index (χ1n) is 7.82. The largest absolute Gasteiger partial charge is 0.573 e. The molecule has 0 saturated carbocycles. The Morgan fingerprint density at radius 1 is 1.11 bits per heavy atom. The molecule has 6 nitrogen and oxygen atoms in total. The number of alkyl halides is 6. The van der Waals surface area contributed by atoms with Gasteiger partial charge in [-0.25, -0.2) is 13.1 Å². The second kappa shape index (κ2) is 6.95. The quantitative estimate of drug-likeness (QED) is 0.731. The summed E-state index contributed by atoms with van der Waals surface area (Å²) in [4.78, 5) is -0.402. The monoisotopic (exact) mass is 429 g/mol. The van der Waals surface area contributed by atoms with Crippen LogP contribution >= 0.6 is 0 Å². The summed E-state index contributed by atoms with van der Waals surface area (Å²) >= 11 is 0. The lowest BCUT2D eigenvalue weighted by Gasteiger charge is -2.30. The van der Waals surface area contributed by atoms with Crippen molar-refractivity contribution in [1.82, 2.24) is 14.9 Å². The van der Waals surface area contributed by atoms with Crippen molar-refractivity contribution >= 4 is 10.0 Å². The van der Waals surface area contributed by atoms with Gasteiger partial charge >= 0.3 is 12.5 Å². The summed E-state index contributed by atoms with van der Waals surface area (Å²) < 4.78 is 107. The summed E-state index contributed by atoms with van der Waals surface area (Å²) in [5, 5.41) is 6.02. The summed E-state index contributed by atoms with van der Waals surface area (Å²) in [6.07, 6.45) is -9.01. The maximum absolute atomic E-state index is 13.3. The highest BCUT2D eigenvalue weighted by Gasteiger charge is 2.46. The zero-order chi connectivity index (χ0) is 20.7. The topological polar surface area (TPSA) is 84.1 Å². The maximum atomic E-state index is 13.3. The number of hydrogen-bond acceptors (Lipinski definition) is 4. The molecule has 1 aromatic carbocycles. The van der Waals surface area contributed by atoms with Gasteiger partial charge in [0.2, 0.25) is 10.0 Å². The Morgan fingerprint density at radius 3 is 2.32 bits per heavy atom. The lowest BCUT2D eigenvalue weighted by atomic mass is 9.84. The van der Waals surface area contributed by atoms with Gasteiger partial charge in [0.1, 0.15) is 5.75 Å². The Balaban J connectivity index is 1.77. The minimum absolute atomic E-state index is 0.0309. The molecule has 13 heteroatoms. The number of sulfonamides is 1. The molecule has 0 aliphatic heterocycles. The molecule has 0 saturated heterocycles. The van der Waals surface area contributed by atoms with E-state index in [9.17, 15) is 34.8 Å². The van der Waals surface area contributed by atoms with Crippen LogP contribution in [0.2, 0.25) is 0 Å². The van der Waals surface area contributed by atoms with Crippen LogP contribution in [0, 0.1) is 0 Å². The van der Waals surface area contributed by atoms with Crippen LogP contribution in [0.4, 0.5) is 26.3 Å². The maximum Gasteiger partial charge on any atom is 0.573 e.